The van der Waals surface area contributed by atoms with Crippen molar-refractivity contribution in [3.05, 3.63) is 0 Å². The van der Waals surface area contributed by atoms with Gasteiger partial charge in [0, 0.05) is 19.8 Å². The minimum Gasteiger partial charge on any atom is -0.381 e. The van der Waals surface area contributed by atoms with E-state index in [0.717, 1.165) is 32.6 Å². The minimum absolute atomic E-state index is 0.0902. The highest BCUT2D eigenvalue weighted by molar-refractivity contribution is 4.87. The quantitative estimate of drug-likeness (QED) is 0.767. The molecule has 0 spiro atoms. The van der Waals surface area contributed by atoms with Gasteiger partial charge in [-0.05, 0) is 51.9 Å². The fourth-order valence-electron chi connectivity index (χ4n) is 2.66. The van der Waals surface area contributed by atoms with Gasteiger partial charge in [0.2, 0.25) is 0 Å². The Morgan fingerprint density at radius 3 is 2.17 bits per heavy atom. The normalized spacial score (nSPS) is 22.2. The highest BCUT2D eigenvalue weighted by Gasteiger charge is 2.35. The first-order valence-corrected chi connectivity index (χ1v) is 7.24. The second-order valence-electron chi connectivity index (χ2n) is 6.88. The first-order chi connectivity index (χ1) is 8.25. The summed E-state index contributed by atoms with van der Waals surface area (Å²) in [5.41, 5.74) is 0.279. The molecule has 0 aromatic rings. The number of nitrogens with one attached hydrogen (secondary N) is 1. The van der Waals surface area contributed by atoms with Crippen LogP contribution in [0.5, 0.6) is 0 Å². The average Bonchev–Trinajstić information content (AvgIpc) is 2.25. The van der Waals surface area contributed by atoms with E-state index in [9.17, 15) is 0 Å². The lowest BCUT2D eigenvalue weighted by atomic mass is 9.71. The smallest absolute Gasteiger partial charge is 0.106 e. The number of ether oxygens (including phenoxy) is 2. The third-order valence-electron chi connectivity index (χ3n) is 3.99. The number of hydrogen-bond donors (Lipinski definition) is 1. The monoisotopic (exact) mass is 257 g/mol. The van der Waals surface area contributed by atoms with Crippen LogP contribution in [0.2, 0.25) is 0 Å². The molecule has 108 valence electrons. The maximum Gasteiger partial charge on any atom is 0.106 e. The van der Waals surface area contributed by atoms with E-state index in [1.807, 2.05) is 0 Å². The van der Waals surface area contributed by atoms with Crippen LogP contribution in [0.4, 0.5) is 0 Å². The molecule has 3 heteroatoms. The van der Waals surface area contributed by atoms with E-state index < -0.39 is 0 Å². The molecule has 0 radical (unpaired) electrons. The molecule has 1 N–H and O–H groups in total. The van der Waals surface area contributed by atoms with Crippen molar-refractivity contribution in [1.82, 2.24) is 5.32 Å². The molecule has 1 fully saturated rings. The Balaban J connectivity index is 2.47. The summed E-state index contributed by atoms with van der Waals surface area (Å²) in [6.45, 7) is 15.8. The van der Waals surface area contributed by atoms with Crippen molar-refractivity contribution < 1.29 is 9.47 Å². The summed E-state index contributed by atoms with van der Waals surface area (Å²) in [6, 6.07) is 0. The van der Waals surface area contributed by atoms with Crippen LogP contribution in [-0.4, -0.2) is 31.6 Å². The lowest BCUT2D eigenvalue weighted by Gasteiger charge is -2.42. The Kier molecular flexibility index (Phi) is 5.63. The van der Waals surface area contributed by atoms with Gasteiger partial charge in [-0.25, -0.2) is 0 Å². The summed E-state index contributed by atoms with van der Waals surface area (Å²) < 4.78 is 11.4. The molecule has 0 aromatic heterocycles. The second-order valence-corrected chi connectivity index (χ2v) is 6.88. The molecule has 0 bridgehead atoms. The topological polar surface area (TPSA) is 30.5 Å². The summed E-state index contributed by atoms with van der Waals surface area (Å²) in [4.78, 5) is 0. The zero-order valence-electron chi connectivity index (χ0n) is 13.0. The van der Waals surface area contributed by atoms with Gasteiger partial charge in [-0.1, -0.05) is 13.8 Å². The average molecular weight is 257 g/mol. The second kappa shape index (κ2) is 6.36. The van der Waals surface area contributed by atoms with Gasteiger partial charge in [0.1, 0.15) is 6.23 Å². The van der Waals surface area contributed by atoms with Crippen LogP contribution in [0.1, 0.15) is 54.4 Å². The van der Waals surface area contributed by atoms with Crippen LogP contribution in [0.15, 0.2) is 0 Å². The van der Waals surface area contributed by atoms with E-state index in [4.69, 9.17) is 9.47 Å². The third-order valence-corrected chi connectivity index (χ3v) is 3.99. The van der Waals surface area contributed by atoms with Crippen molar-refractivity contribution in [2.24, 2.45) is 11.3 Å². The van der Waals surface area contributed by atoms with Crippen LogP contribution >= 0.6 is 0 Å². The third kappa shape index (κ3) is 4.87. The fraction of sp³-hybridized carbons (Fsp3) is 1.00. The molecule has 0 aliphatic carbocycles. The highest BCUT2D eigenvalue weighted by atomic mass is 16.5. The molecule has 1 aliphatic heterocycles. The Hall–Kier alpha value is -0.120. The van der Waals surface area contributed by atoms with E-state index in [1.54, 1.807) is 0 Å². The van der Waals surface area contributed by atoms with Crippen molar-refractivity contribution in [2.75, 3.05) is 19.8 Å². The lowest BCUT2D eigenvalue weighted by molar-refractivity contribution is -0.0781. The standard InChI is InChI=1S/C15H31NO2/c1-12(2)15(7-9-17-10-8-15)11-16-13(3)18-14(4,5)6/h12-13,16H,7-11H2,1-6H3. The zero-order chi connectivity index (χ0) is 13.8. The fourth-order valence-corrected chi connectivity index (χ4v) is 2.66. The summed E-state index contributed by atoms with van der Waals surface area (Å²) in [5, 5.41) is 3.55. The molecule has 1 aliphatic rings. The summed E-state index contributed by atoms with van der Waals surface area (Å²) in [7, 11) is 0. The first kappa shape index (κ1) is 15.9. The van der Waals surface area contributed by atoms with E-state index in [2.05, 4.69) is 46.9 Å². The van der Waals surface area contributed by atoms with Gasteiger partial charge in [-0.3, -0.25) is 5.32 Å². The van der Waals surface area contributed by atoms with Crippen molar-refractivity contribution in [3.8, 4) is 0 Å². The highest BCUT2D eigenvalue weighted by Crippen LogP contribution is 2.37. The number of hydrogen-bond acceptors (Lipinski definition) is 3. The summed E-state index contributed by atoms with van der Waals surface area (Å²) >= 11 is 0. The van der Waals surface area contributed by atoms with E-state index in [1.165, 1.54) is 0 Å². The van der Waals surface area contributed by atoms with Gasteiger partial charge < -0.3 is 9.47 Å². The largest absolute Gasteiger partial charge is 0.381 e. The molecular weight excluding hydrogens is 226 g/mol. The van der Waals surface area contributed by atoms with Crippen LogP contribution in [0.25, 0.3) is 0 Å². The Bertz CT molecular complexity index is 239. The molecular formula is C15H31NO2. The molecule has 0 amide bonds. The maximum atomic E-state index is 5.91. The van der Waals surface area contributed by atoms with Gasteiger partial charge in [0.15, 0.2) is 0 Å². The molecule has 3 nitrogen and oxygen atoms in total. The minimum atomic E-state index is -0.0902. The van der Waals surface area contributed by atoms with Gasteiger partial charge in [-0.2, -0.15) is 0 Å². The Labute approximate surface area is 113 Å². The van der Waals surface area contributed by atoms with Gasteiger partial charge in [0.05, 0.1) is 5.60 Å². The molecule has 1 heterocycles. The van der Waals surface area contributed by atoms with E-state index >= 15 is 0 Å². The molecule has 1 unspecified atom stereocenters. The molecule has 0 aromatic carbocycles. The summed E-state index contributed by atoms with van der Waals surface area (Å²) in [5.74, 6) is 0.677. The van der Waals surface area contributed by atoms with Crippen LogP contribution in [-0.2, 0) is 9.47 Å². The van der Waals surface area contributed by atoms with E-state index in [-0.39, 0.29) is 11.8 Å². The number of rotatable bonds is 5. The van der Waals surface area contributed by atoms with Gasteiger partial charge >= 0.3 is 0 Å². The van der Waals surface area contributed by atoms with E-state index in [0.29, 0.717) is 11.3 Å². The Morgan fingerprint density at radius 1 is 1.17 bits per heavy atom. The Morgan fingerprint density at radius 2 is 1.72 bits per heavy atom. The van der Waals surface area contributed by atoms with Crippen molar-refractivity contribution in [1.29, 1.82) is 0 Å². The predicted molar refractivity (Wildman–Crippen MR) is 75.6 cm³/mol. The molecule has 1 atom stereocenters. The van der Waals surface area contributed by atoms with Crippen LogP contribution < -0.4 is 5.32 Å². The van der Waals surface area contributed by atoms with Crippen molar-refractivity contribution >= 4 is 0 Å². The maximum absolute atomic E-state index is 5.91. The van der Waals surface area contributed by atoms with Crippen LogP contribution in [0.3, 0.4) is 0 Å². The summed E-state index contributed by atoms with van der Waals surface area (Å²) in [6.07, 6.45) is 2.41. The molecule has 1 rings (SSSR count). The van der Waals surface area contributed by atoms with Crippen molar-refractivity contribution in [2.45, 2.75) is 66.2 Å². The SMILES string of the molecule is CC(NCC1(C(C)C)CCOCC1)OC(C)(C)C. The lowest BCUT2D eigenvalue weighted by Crippen LogP contribution is -2.47. The van der Waals surface area contributed by atoms with Gasteiger partial charge in [0.25, 0.3) is 0 Å². The molecule has 0 saturated carbocycles. The van der Waals surface area contributed by atoms with Crippen LogP contribution in [0, 0.1) is 11.3 Å². The first-order valence-electron chi connectivity index (χ1n) is 7.24. The molecule has 18 heavy (non-hydrogen) atoms. The predicted octanol–water partition coefficient (Wildman–Crippen LogP) is 3.19. The van der Waals surface area contributed by atoms with Gasteiger partial charge in [-0.15, -0.1) is 0 Å². The molecule has 1 saturated heterocycles. The zero-order valence-corrected chi connectivity index (χ0v) is 13.0. The van der Waals surface area contributed by atoms with Crippen molar-refractivity contribution in [3.63, 3.8) is 0 Å².